The van der Waals surface area contributed by atoms with E-state index in [1.54, 1.807) is 0 Å². The van der Waals surface area contributed by atoms with Gasteiger partial charge in [-0.3, -0.25) is 0 Å². The van der Waals surface area contributed by atoms with Crippen molar-refractivity contribution < 1.29 is 4.74 Å². The molecule has 26 heavy (non-hydrogen) atoms. The van der Waals surface area contributed by atoms with Crippen LogP contribution < -0.4 is 10.6 Å². The molecule has 3 heteroatoms. The molecule has 2 N–H and O–H groups in total. The number of hydrogen-bond acceptors (Lipinski definition) is 3. The second-order valence-electron chi connectivity index (χ2n) is 7.73. The molecule has 3 nitrogen and oxygen atoms in total. The molecular formula is C23H42N2O. The lowest BCUT2D eigenvalue weighted by Gasteiger charge is -2.16. The van der Waals surface area contributed by atoms with Crippen molar-refractivity contribution in [2.75, 3.05) is 23.8 Å². The maximum atomic E-state index is 5.56. The summed E-state index contributed by atoms with van der Waals surface area (Å²) in [6, 6.07) is 9.21. The minimum Gasteiger partial charge on any atom is -0.385 e. The van der Waals surface area contributed by atoms with Gasteiger partial charge in [-0.1, -0.05) is 51.9 Å². The lowest BCUT2D eigenvalue weighted by atomic mass is 10.1. The standard InChI is InChI=1S/C23H42N2O/c1-5-6-7-8-9-10-11-13-21(4)25-23-16-14-22(15-17-23)24-18-12-19-26-20(2)3/h14-17,20-21,24-25H,5-13,18-19H2,1-4H3/t21-/m0/s1. The summed E-state index contributed by atoms with van der Waals surface area (Å²) in [6.45, 7) is 10.5. The van der Waals surface area contributed by atoms with Crippen LogP contribution in [0.15, 0.2) is 24.3 Å². The molecule has 1 rings (SSSR count). The molecule has 0 amide bonds. The molecule has 1 aromatic carbocycles. The molecule has 0 saturated heterocycles. The summed E-state index contributed by atoms with van der Waals surface area (Å²) < 4.78 is 5.56. The van der Waals surface area contributed by atoms with E-state index in [-0.39, 0.29) is 0 Å². The van der Waals surface area contributed by atoms with Crippen molar-refractivity contribution in [3.63, 3.8) is 0 Å². The Labute approximate surface area is 162 Å². The van der Waals surface area contributed by atoms with E-state index in [0.717, 1.165) is 19.6 Å². The number of hydrogen-bond donors (Lipinski definition) is 2. The Morgan fingerprint density at radius 1 is 0.808 bits per heavy atom. The van der Waals surface area contributed by atoms with Gasteiger partial charge in [-0.2, -0.15) is 0 Å². The van der Waals surface area contributed by atoms with Crippen LogP contribution >= 0.6 is 0 Å². The highest BCUT2D eigenvalue weighted by Gasteiger charge is 2.02. The molecule has 0 heterocycles. The fourth-order valence-electron chi connectivity index (χ4n) is 3.07. The van der Waals surface area contributed by atoms with Crippen LogP contribution in [0.2, 0.25) is 0 Å². The molecule has 150 valence electrons. The molecule has 1 aromatic rings. The van der Waals surface area contributed by atoms with E-state index in [1.807, 2.05) is 0 Å². The minimum atomic E-state index is 0.323. The zero-order chi connectivity index (χ0) is 19.0. The predicted molar refractivity (Wildman–Crippen MR) is 116 cm³/mol. The minimum absolute atomic E-state index is 0.323. The van der Waals surface area contributed by atoms with Gasteiger partial charge in [-0.15, -0.1) is 0 Å². The van der Waals surface area contributed by atoms with Gasteiger partial charge in [-0.05, 0) is 57.9 Å². The highest BCUT2D eigenvalue weighted by atomic mass is 16.5. The highest BCUT2D eigenvalue weighted by molar-refractivity contribution is 5.53. The van der Waals surface area contributed by atoms with Crippen LogP contribution in [0.5, 0.6) is 0 Å². The molecule has 0 bridgehead atoms. The topological polar surface area (TPSA) is 33.3 Å². The fraction of sp³-hybridized carbons (Fsp3) is 0.739. The van der Waals surface area contributed by atoms with Crippen molar-refractivity contribution in [2.45, 2.75) is 97.6 Å². The molecule has 0 aromatic heterocycles. The average Bonchev–Trinajstić information content (AvgIpc) is 2.62. The van der Waals surface area contributed by atoms with Crippen LogP contribution in [0.1, 0.15) is 85.5 Å². The molecule has 0 aliphatic carbocycles. The number of ether oxygens (including phenoxy) is 1. The summed E-state index contributed by atoms with van der Waals surface area (Å²) in [7, 11) is 0. The van der Waals surface area contributed by atoms with Crippen LogP contribution in [0.3, 0.4) is 0 Å². The Bertz CT molecular complexity index is 430. The first-order chi connectivity index (χ1) is 12.6. The SMILES string of the molecule is CCCCCCCCC[C@H](C)Nc1ccc(NCCCOC(C)C)cc1. The van der Waals surface area contributed by atoms with Gasteiger partial charge in [0, 0.05) is 30.6 Å². The van der Waals surface area contributed by atoms with Crippen molar-refractivity contribution >= 4 is 11.4 Å². The van der Waals surface area contributed by atoms with Crippen LogP contribution in [-0.4, -0.2) is 25.3 Å². The van der Waals surface area contributed by atoms with Crippen molar-refractivity contribution in [3.8, 4) is 0 Å². The summed E-state index contributed by atoms with van der Waals surface area (Å²) in [5.74, 6) is 0. The molecule has 0 unspecified atom stereocenters. The van der Waals surface area contributed by atoms with E-state index in [4.69, 9.17) is 4.74 Å². The Morgan fingerprint density at radius 2 is 1.42 bits per heavy atom. The van der Waals surface area contributed by atoms with E-state index in [9.17, 15) is 0 Å². The molecule has 0 radical (unpaired) electrons. The van der Waals surface area contributed by atoms with Crippen molar-refractivity contribution in [3.05, 3.63) is 24.3 Å². The van der Waals surface area contributed by atoms with Gasteiger partial charge >= 0.3 is 0 Å². The summed E-state index contributed by atoms with van der Waals surface area (Å²) in [6.07, 6.45) is 12.3. The van der Waals surface area contributed by atoms with Crippen LogP contribution in [0.4, 0.5) is 11.4 Å². The third kappa shape index (κ3) is 12.2. The lowest BCUT2D eigenvalue weighted by molar-refractivity contribution is 0.0787. The quantitative estimate of drug-likeness (QED) is 0.315. The van der Waals surface area contributed by atoms with Crippen molar-refractivity contribution in [1.29, 1.82) is 0 Å². The van der Waals surface area contributed by atoms with Gasteiger partial charge in [0.1, 0.15) is 0 Å². The normalized spacial score (nSPS) is 12.3. The zero-order valence-corrected chi connectivity index (χ0v) is 17.7. The molecule has 0 aliphatic rings. The van der Waals surface area contributed by atoms with Gasteiger partial charge in [-0.25, -0.2) is 0 Å². The molecule has 0 aliphatic heterocycles. The maximum Gasteiger partial charge on any atom is 0.0518 e. The average molecular weight is 363 g/mol. The predicted octanol–water partition coefficient (Wildman–Crippen LogP) is 6.85. The third-order valence-corrected chi connectivity index (χ3v) is 4.64. The molecule has 0 saturated carbocycles. The van der Waals surface area contributed by atoms with Crippen LogP contribution in [0.25, 0.3) is 0 Å². The first-order valence-corrected chi connectivity index (χ1v) is 10.8. The zero-order valence-electron chi connectivity index (χ0n) is 17.7. The Kier molecular flexibility index (Phi) is 13.1. The fourth-order valence-corrected chi connectivity index (χ4v) is 3.07. The third-order valence-electron chi connectivity index (χ3n) is 4.64. The highest BCUT2D eigenvalue weighted by Crippen LogP contribution is 2.16. The van der Waals surface area contributed by atoms with E-state index in [2.05, 4.69) is 62.6 Å². The van der Waals surface area contributed by atoms with E-state index < -0.39 is 0 Å². The van der Waals surface area contributed by atoms with Gasteiger partial charge in [0.15, 0.2) is 0 Å². The van der Waals surface area contributed by atoms with E-state index >= 15 is 0 Å². The summed E-state index contributed by atoms with van der Waals surface area (Å²) in [5, 5.41) is 7.08. The number of rotatable bonds is 16. The molecule has 1 atom stereocenters. The second kappa shape index (κ2) is 14.9. The van der Waals surface area contributed by atoms with Gasteiger partial charge in [0.2, 0.25) is 0 Å². The summed E-state index contributed by atoms with van der Waals surface area (Å²) in [5.41, 5.74) is 2.40. The lowest BCUT2D eigenvalue weighted by Crippen LogP contribution is -2.14. The van der Waals surface area contributed by atoms with E-state index in [1.165, 1.54) is 62.7 Å². The van der Waals surface area contributed by atoms with Crippen LogP contribution in [-0.2, 0) is 4.74 Å². The number of unbranched alkanes of at least 4 members (excludes halogenated alkanes) is 6. The van der Waals surface area contributed by atoms with Gasteiger partial charge in [0.25, 0.3) is 0 Å². The van der Waals surface area contributed by atoms with Gasteiger partial charge in [0.05, 0.1) is 6.10 Å². The molecular weight excluding hydrogens is 320 g/mol. The number of nitrogens with one attached hydrogen (secondary N) is 2. The van der Waals surface area contributed by atoms with E-state index in [0.29, 0.717) is 12.1 Å². The molecule has 0 spiro atoms. The summed E-state index contributed by atoms with van der Waals surface area (Å²) >= 11 is 0. The Balaban J connectivity index is 2.11. The van der Waals surface area contributed by atoms with Crippen molar-refractivity contribution in [2.24, 2.45) is 0 Å². The smallest absolute Gasteiger partial charge is 0.0518 e. The second-order valence-corrected chi connectivity index (χ2v) is 7.73. The van der Waals surface area contributed by atoms with Gasteiger partial charge < -0.3 is 15.4 Å². The molecule has 0 fully saturated rings. The first kappa shape index (κ1) is 22.8. The Hall–Kier alpha value is -1.22. The number of anilines is 2. The summed E-state index contributed by atoms with van der Waals surface area (Å²) in [4.78, 5) is 0. The first-order valence-electron chi connectivity index (χ1n) is 10.8. The van der Waals surface area contributed by atoms with Crippen LogP contribution in [0, 0.1) is 0 Å². The largest absolute Gasteiger partial charge is 0.385 e. The number of benzene rings is 1. The Morgan fingerprint density at radius 3 is 2.08 bits per heavy atom. The van der Waals surface area contributed by atoms with Crippen molar-refractivity contribution in [1.82, 2.24) is 0 Å². The maximum absolute atomic E-state index is 5.56. The monoisotopic (exact) mass is 362 g/mol.